The molecule has 1 atom stereocenters. The van der Waals surface area contributed by atoms with Crippen LogP contribution in [0.25, 0.3) is 6.08 Å². The third-order valence-corrected chi connectivity index (χ3v) is 7.18. The Morgan fingerprint density at radius 1 is 1.37 bits per heavy atom. The molecule has 2 aliphatic rings. The highest BCUT2D eigenvalue weighted by molar-refractivity contribution is 7.16. The number of carbonyl (C=O) groups is 2. The Hall–Kier alpha value is -2.89. The van der Waals surface area contributed by atoms with Gasteiger partial charge in [-0.2, -0.15) is 5.26 Å². The SMILES string of the molecule is N#Cc1c(NC(=O)/C=C/c2cccs2)sc2c1CCC(COC(=O)N1CC=CC1)C2. The monoisotopic (exact) mass is 439 g/mol. The first-order valence-corrected chi connectivity index (χ1v) is 11.5. The van der Waals surface area contributed by atoms with Crippen molar-refractivity contribution in [3.63, 3.8) is 0 Å². The van der Waals surface area contributed by atoms with Gasteiger partial charge in [0.25, 0.3) is 0 Å². The second-order valence-corrected chi connectivity index (χ2v) is 9.30. The fourth-order valence-electron chi connectivity index (χ4n) is 3.61. The summed E-state index contributed by atoms with van der Waals surface area (Å²) in [6.07, 6.45) is 9.24. The van der Waals surface area contributed by atoms with Crippen molar-refractivity contribution >= 4 is 45.8 Å². The van der Waals surface area contributed by atoms with Crippen LogP contribution in [0.2, 0.25) is 0 Å². The molecule has 0 spiro atoms. The van der Waals surface area contributed by atoms with Gasteiger partial charge in [0.2, 0.25) is 5.91 Å². The topological polar surface area (TPSA) is 82.4 Å². The summed E-state index contributed by atoms with van der Waals surface area (Å²) in [5.74, 6) is -0.0207. The van der Waals surface area contributed by atoms with Gasteiger partial charge in [0, 0.05) is 28.9 Å². The maximum absolute atomic E-state index is 12.3. The lowest BCUT2D eigenvalue weighted by molar-refractivity contribution is -0.111. The number of carbonyl (C=O) groups excluding carboxylic acids is 2. The van der Waals surface area contributed by atoms with Crippen LogP contribution in [0.1, 0.15) is 27.3 Å². The van der Waals surface area contributed by atoms with Crippen LogP contribution in [0.4, 0.5) is 9.80 Å². The van der Waals surface area contributed by atoms with Crippen molar-refractivity contribution in [2.24, 2.45) is 5.92 Å². The molecule has 6 nitrogen and oxygen atoms in total. The molecule has 154 valence electrons. The van der Waals surface area contributed by atoms with Crippen molar-refractivity contribution in [3.8, 4) is 6.07 Å². The molecule has 1 aliphatic carbocycles. The third kappa shape index (κ3) is 4.64. The fourth-order valence-corrected chi connectivity index (χ4v) is 5.54. The molecule has 0 radical (unpaired) electrons. The lowest BCUT2D eigenvalue weighted by atomic mass is 9.88. The van der Waals surface area contributed by atoms with E-state index in [9.17, 15) is 14.9 Å². The van der Waals surface area contributed by atoms with E-state index in [0.717, 1.165) is 34.6 Å². The Morgan fingerprint density at radius 3 is 2.93 bits per heavy atom. The van der Waals surface area contributed by atoms with E-state index in [-0.39, 0.29) is 17.9 Å². The summed E-state index contributed by atoms with van der Waals surface area (Å²) in [5.41, 5.74) is 1.58. The molecule has 2 amide bonds. The minimum absolute atomic E-state index is 0.226. The molecule has 4 rings (SSSR count). The largest absolute Gasteiger partial charge is 0.449 e. The van der Waals surface area contributed by atoms with Gasteiger partial charge in [-0.1, -0.05) is 18.2 Å². The highest BCUT2D eigenvalue weighted by Gasteiger charge is 2.27. The van der Waals surface area contributed by atoms with Crippen molar-refractivity contribution < 1.29 is 14.3 Å². The number of nitrogens with one attached hydrogen (secondary N) is 1. The van der Waals surface area contributed by atoms with E-state index in [1.165, 1.54) is 17.4 Å². The number of anilines is 1. The van der Waals surface area contributed by atoms with Gasteiger partial charge in [0.05, 0.1) is 12.2 Å². The molecule has 2 aromatic heterocycles. The Balaban J connectivity index is 1.37. The normalized spacial score (nSPS) is 17.7. The molecular weight excluding hydrogens is 418 g/mol. The first-order chi connectivity index (χ1) is 14.6. The summed E-state index contributed by atoms with van der Waals surface area (Å²) in [4.78, 5) is 28.1. The number of nitrogens with zero attached hydrogens (tertiary/aromatic N) is 2. The van der Waals surface area contributed by atoms with Crippen molar-refractivity contribution in [2.45, 2.75) is 19.3 Å². The van der Waals surface area contributed by atoms with E-state index in [1.807, 2.05) is 29.7 Å². The molecule has 3 heterocycles. The predicted octanol–water partition coefficient (Wildman–Crippen LogP) is 4.45. The van der Waals surface area contributed by atoms with Crippen LogP contribution in [-0.2, 0) is 22.4 Å². The summed E-state index contributed by atoms with van der Waals surface area (Å²) in [6.45, 7) is 1.59. The number of hydrogen-bond donors (Lipinski definition) is 1. The van der Waals surface area contributed by atoms with E-state index in [4.69, 9.17) is 4.74 Å². The van der Waals surface area contributed by atoms with Crippen molar-refractivity contribution in [2.75, 3.05) is 25.0 Å². The summed E-state index contributed by atoms with van der Waals surface area (Å²) in [5, 5.41) is 15.0. The summed E-state index contributed by atoms with van der Waals surface area (Å²) >= 11 is 3.01. The van der Waals surface area contributed by atoms with Gasteiger partial charge in [-0.25, -0.2) is 4.79 Å². The lowest BCUT2D eigenvalue weighted by Crippen LogP contribution is -2.31. The van der Waals surface area contributed by atoms with Gasteiger partial charge in [0.1, 0.15) is 11.1 Å². The van der Waals surface area contributed by atoms with Crippen molar-refractivity contribution in [3.05, 3.63) is 56.6 Å². The van der Waals surface area contributed by atoms with Crippen LogP contribution >= 0.6 is 22.7 Å². The molecule has 8 heteroatoms. The maximum atomic E-state index is 12.3. The van der Waals surface area contributed by atoms with Crippen LogP contribution < -0.4 is 5.32 Å². The molecule has 1 aliphatic heterocycles. The van der Waals surface area contributed by atoms with Crippen LogP contribution in [0, 0.1) is 17.2 Å². The van der Waals surface area contributed by atoms with Crippen LogP contribution in [0.15, 0.2) is 35.7 Å². The van der Waals surface area contributed by atoms with Gasteiger partial charge >= 0.3 is 6.09 Å². The highest BCUT2D eigenvalue weighted by atomic mass is 32.1. The zero-order valence-corrected chi connectivity index (χ0v) is 17.9. The maximum Gasteiger partial charge on any atom is 0.410 e. The highest BCUT2D eigenvalue weighted by Crippen LogP contribution is 2.39. The second-order valence-electron chi connectivity index (χ2n) is 7.22. The number of fused-ring (bicyclic) bond motifs is 1. The average Bonchev–Trinajstić information content (AvgIpc) is 3.51. The smallest absolute Gasteiger partial charge is 0.410 e. The Kier molecular flexibility index (Phi) is 6.31. The van der Waals surface area contributed by atoms with E-state index in [2.05, 4.69) is 11.4 Å². The van der Waals surface area contributed by atoms with Gasteiger partial charge in [-0.05, 0) is 48.3 Å². The van der Waals surface area contributed by atoms with Crippen molar-refractivity contribution in [1.82, 2.24) is 4.90 Å². The average molecular weight is 440 g/mol. The second kappa shape index (κ2) is 9.28. The van der Waals surface area contributed by atoms with Crippen LogP contribution in [-0.4, -0.2) is 36.6 Å². The number of nitriles is 1. The molecule has 0 fully saturated rings. The number of rotatable bonds is 5. The summed E-state index contributed by atoms with van der Waals surface area (Å²) in [6, 6.07) is 6.12. The van der Waals surface area contributed by atoms with E-state index < -0.39 is 0 Å². The van der Waals surface area contributed by atoms with E-state index >= 15 is 0 Å². The molecule has 1 unspecified atom stereocenters. The third-order valence-electron chi connectivity index (χ3n) is 5.18. The Morgan fingerprint density at radius 2 is 2.20 bits per heavy atom. The zero-order chi connectivity index (χ0) is 20.9. The minimum atomic E-state index is -0.278. The first kappa shape index (κ1) is 20.4. The van der Waals surface area contributed by atoms with Gasteiger partial charge < -0.3 is 15.0 Å². The van der Waals surface area contributed by atoms with E-state index in [0.29, 0.717) is 30.3 Å². The number of ether oxygens (including phenoxy) is 1. The van der Waals surface area contributed by atoms with Crippen LogP contribution in [0.5, 0.6) is 0 Å². The molecular formula is C22H21N3O3S2. The Labute approximate surface area is 183 Å². The molecule has 0 bridgehead atoms. The summed E-state index contributed by atoms with van der Waals surface area (Å²) < 4.78 is 5.48. The van der Waals surface area contributed by atoms with Crippen LogP contribution in [0.3, 0.4) is 0 Å². The molecule has 0 saturated heterocycles. The minimum Gasteiger partial charge on any atom is -0.449 e. The van der Waals surface area contributed by atoms with E-state index in [1.54, 1.807) is 22.3 Å². The molecule has 2 aromatic rings. The molecule has 1 N–H and O–H groups in total. The molecule has 0 saturated carbocycles. The predicted molar refractivity (Wildman–Crippen MR) is 119 cm³/mol. The Bertz CT molecular complexity index is 1020. The van der Waals surface area contributed by atoms with Gasteiger partial charge in [0.15, 0.2) is 0 Å². The number of amides is 2. The first-order valence-electron chi connectivity index (χ1n) is 9.78. The zero-order valence-electron chi connectivity index (χ0n) is 16.3. The van der Waals surface area contributed by atoms with Crippen molar-refractivity contribution in [1.29, 1.82) is 5.26 Å². The summed E-state index contributed by atoms with van der Waals surface area (Å²) in [7, 11) is 0. The number of thiophene rings is 2. The van der Waals surface area contributed by atoms with Gasteiger partial charge in [-0.15, -0.1) is 22.7 Å². The molecule has 30 heavy (non-hydrogen) atoms. The quantitative estimate of drug-likeness (QED) is 0.551. The lowest BCUT2D eigenvalue weighted by Gasteiger charge is -2.23. The standard InChI is InChI=1S/C22H21N3O3S2/c23-13-18-17-7-5-15(14-28-22(27)25-9-1-2-10-25)12-19(17)30-21(18)24-20(26)8-6-16-4-3-11-29-16/h1-4,6,8,11,15H,5,7,9-10,12,14H2,(H,24,26)/b8-6+. The fraction of sp³-hybridized carbons (Fsp3) is 0.318. The molecule has 0 aromatic carbocycles. The van der Waals surface area contributed by atoms with Gasteiger partial charge in [-0.3, -0.25) is 4.79 Å². The number of hydrogen-bond acceptors (Lipinski definition) is 6.